The zero-order valence-corrected chi connectivity index (χ0v) is 13.2. The lowest BCUT2D eigenvalue weighted by Crippen LogP contribution is -2.02. The molecule has 0 amide bonds. The quantitative estimate of drug-likeness (QED) is 0.736. The molecule has 0 aliphatic heterocycles. The molecular weight excluding hydrogens is 272 g/mol. The van der Waals surface area contributed by atoms with Gasteiger partial charge in [-0.3, -0.25) is 4.79 Å². The summed E-state index contributed by atoms with van der Waals surface area (Å²) < 4.78 is 0. The van der Waals surface area contributed by atoms with Crippen LogP contribution in [0.1, 0.15) is 31.2 Å². The average molecular weight is 290 g/mol. The summed E-state index contributed by atoms with van der Waals surface area (Å²) >= 11 is 3.39. The van der Waals surface area contributed by atoms with Crippen LogP contribution < -0.4 is 0 Å². The topological polar surface area (TPSA) is 17.1 Å². The second kappa shape index (κ2) is 6.40. The number of carbonyl (C=O) groups is 1. The van der Waals surface area contributed by atoms with Gasteiger partial charge in [0.2, 0.25) is 0 Å². The number of ketones is 1. The van der Waals surface area contributed by atoms with Crippen LogP contribution in [0.4, 0.5) is 0 Å². The molecule has 2 aromatic rings. The lowest BCUT2D eigenvalue weighted by atomic mass is 10.2. The van der Waals surface area contributed by atoms with Gasteiger partial charge in [-0.15, -0.1) is 23.1 Å². The summed E-state index contributed by atoms with van der Waals surface area (Å²) in [5.41, 5.74) is 3.46. The molecule has 0 aliphatic rings. The van der Waals surface area contributed by atoms with Gasteiger partial charge in [0.25, 0.3) is 0 Å². The number of aryl methyl sites for hydroxylation is 3. The lowest BCUT2D eigenvalue weighted by Gasteiger charge is -2.03. The minimum absolute atomic E-state index is 0.250. The molecule has 1 aromatic heterocycles. The number of hydrogen-bond donors (Lipinski definition) is 0. The highest BCUT2D eigenvalue weighted by molar-refractivity contribution is 7.99. The summed E-state index contributed by atoms with van der Waals surface area (Å²) in [6.07, 6.45) is 0. The molecule has 19 heavy (non-hydrogen) atoms. The summed E-state index contributed by atoms with van der Waals surface area (Å²) in [4.78, 5) is 14.5. The third-order valence-electron chi connectivity index (χ3n) is 2.93. The van der Waals surface area contributed by atoms with E-state index in [-0.39, 0.29) is 5.78 Å². The van der Waals surface area contributed by atoms with Crippen molar-refractivity contribution >= 4 is 28.9 Å². The maximum absolute atomic E-state index is 12.1. The highest BCUT2D eigenvalue weighted by atomic mass is 32.2. The Labute approximate surface area is 123 Å². The number of thiophene rings is 1. The highest BCUT2D eigenvalue weighted by Gasteiger charge is 2.11. The molecule has 1 heterocycles. The third-order valence-corrected chi connectivity index (χ3v) is 4.90. The van der Waals surface area contributed by atoms with Crippen LogP contribution in [0.15, 0.2) is 30.3 Å². The zero-order chi connectivity index (χ0) is 13.8. The Balaban J connectivity index is 1.89. The van der Waals surface area contributed by atoms with E-state index in [1.54, 1.807) is 23.1 Å². The molecule has 0 radical (unpaired) electrons. The van der Waals surface area contributed by atoms with Gasteiger partial charge in [0.15, 0.2) is 5.78 Å². The molecule has 0 spiro atoms. The first-order chi connectivity index (χ1) is 9.06. The fourth-order valence-corrected chi connectivity index (χ4v) is 3.85. The van der Waals surface area contributed by atoms with Crippen molar-refractivity contribution in [2.24, 2.45) is 0 Å². The SMILES string of the molecule is Cc1cccc(CSCC(=O)c2cc(C)sc2C)c1. The second-order valence-corrected chi connectivity index (χ2v) is 7.18. The number of thioether (sulfide) groups is 1. The van der Waals surface area contributed by atoms with Gasteiger partial charge in [0.1, 0.15) is 0 Å². The standard InChI is InChI=1S/C16H18OS2/c1-11-5-4-6-14(7-11)9-18-10-16(17)15-8-12(2)19-13(15)3/h4-8H,9-10H2,1-3H3. The van der Waals surface area contributed by atoms with E-state index in [4.69, 9.17) is 0 Å². The number of benzene rings is 1. The third kappa shape index (κ3) is 3.95. The van der Waals surface area contributed by atoms with E-state index < -0.39 is 0 Å². The fourth-order valence-electron chi connectivity index (χ4n) is 2.05. The molecule has 2 rings (SSSR count). The molecule has 1 nitrogen and oxygen atoms in total. The summed E-state index contributed by atoms with van der Waals surface area (Å²) in [7, 11) is 0. The Morgan fingerprint density at radius 1 is 1.21 bits per heavy atom. The normalized spacial score (nSPS) is 10.7. The van der Waals surface area contributed by atoms with Gasteiger partial charge in [-0.05, 0) is 32.4 Å². The molecule has 1 aromatic carbocycles. The molecule has 0 aliphatic carbocycles. The fraction of sp³-hybridized carbons (Fsp3) is 0.312. The molecule has 0 saturated carbocycles. The summed E-state index contributed by atoms with van der Waals surface area (Å²) in [6.45, 7) is 6.17. The van der Waals surface area contributed by atoms with Crippen LogP contribution >= 0.6 is 23.1 Å². The van der Waals surface area contributed by atoms with Crippen molar-refractivity contribution in [2.45, 2.75) is 26.5 Å². The Morgan fingerprint density at radius 2 is 2.00 bits per heavy atom. The highest BCUT2D eigenvalue weighted by Crippen LogP contribution is 2.23. The number of rotatable bonds is 5. The minimum atomic E-state index is 0.250. The predicted molar refractivity (Wildman–Crippen MR) is 85.5 cm³/mol. The van der Waals surface area contributed by atoms with Gasteiger partial charge in [0.05, 0.1) is 5.75 Å². The second-order valence-electron chi connectivity index (χ2n) is 4.73. The first kappa shape index (κ1) is 14.4. The van der Waals surface area contributed by atoms with Gasteiger partial charge in [-0.2, -0.15) is 0 Å². The van der Waals surface area contributed by atoms with Crippen LogP contribution in [0.5, 0.6) is 0 Å². The van der Waals surface area contributed by atoms with E-state index in [9.17, 15) is 4.79 Å². The molecule has 100 valence electrons. The van der Waals surface area contributed by atoms with Crippen molar-refractivity contribution in [3.63, 3.8) is 0 Å². The van der Waals surface area contributed by atoms with E-state index in [0.717, 1.165) is 16.2 Å². The zero-order valence-electron chi connectivity index (χ0n) is 11.5. The van der Waals surface area contributed by atoms with Gasteiger partial charge in [-0.25, -0.2) is 0 Å². The van der Waals surface area contributed by atoms with E-state index in [2.05, 4.69) is 31.2 Å². The monoisotopic (exact) mass is 290 g/mol. The summed E-state index contributed by atoms with van der Waals surface area (Å²) in [5.74, 6) is 1.71. The molecule has 0 fully saturated rings. The van der Waals surface area contributed by atoms with Crippen LogP contribution in [0.3, 0.4) is 0 Å². The Bertz CT molecular complexity index is 584. The van der Waals surface area contributed by atoms with E-state index in [0.29, 0.717) is 5.75 Å². The van der Waals surface area contributed by atoms with E-state index >= 15 is 0 Å². The maximum Gasteiger partial charge on any atom is 0.173 e. The molecule has 0 bridgehead atoms. The molecule has 3 heteroatoms. The number of Topliss-reactive ketones (excluding diaryl/α,β-unsaturated/α-hetero) is 1. The lowest BCUT2D eigenvalue weighted by molar-refractivity contribution is 0.102. The Kier molecular flexibility index (Phi) is 4.83. The molecule has 0 saturated heterocycles. The van der Waals surface area contributed by atoms with Crippen LogP contribution in [0.2, 0.25) is 0 Å². The number of hydrogen-bond acceptors (Lipinski definition) is 3. The smallest absolute Gasteiger partial charge is 0.173 e. The van der Waals surface area contributed by atoms with Crippen LogP contribution in [-0.4, -0.2) is 11.5 Å². The predicted octanol–water partition coefficient (Wildman–Crippen LogP) is 4.79. The van der Waals surface area contributed by atoms with Crippen molar-refractivity contribution in [3.8, 4) is 0 Å². The minimum Gasteiger partial charge on any atom is -0.293 e. The van der Waals surface area contributed by atoms with Crippen LogP contribution in [0.25, 0.3) is 0 Å². The summed E-state index contributed by atoms with van der Waals surface area (Å²) in [6, 6.07) is 10.5. The van der Waals surface area contributed by atoms with E-state index in [1.165, 1.54) is 16.0 Å². The number of carbonyl (C=O) groups excluding carboxylic acids is 1. The van der Waals surface area contributed by atoms with Gasteiger partial charge in [-0.1, -0.05) is 29.8 Å². The van der Waals surface area contributed by atoms with Crippen molar-refractivity contribution in [1.82, 2.24) is 0 Å². The van der Waals surface area contributed by atoms with Crippen molar-refractivity contribution in [2.75, 3.05) is 5.75 Å². The van der Waals surface area contributed by atoms with Crippen molar-refractivity contribution < 1.29 is 4.79 Å². The van der Waals surface area contributed by atoms with Crippen LogP contribution in [-0.2, 0) is 5.75 Å². The maximum atomic E-state index is 12.1. The van der Waals surface area contributed by atoms with E-state index in [1.807, 2.05) is 19.9 Å². The Hall–Kier alpha value is -1.06. The first-order valence-corrected chi connectivity index (χ1v) is 8.27. The molecule has 0 N–H and O–H groups in total. The average Bonchev–Trinajstić information content (AvgIpc) is 2.68. The van der Waals surface area contributed by atoms with Gasteiger partial charge < -0.3 is 0 Å². The van der Waals surface area contributed by atoms with Gasteiger partial charge >= 0.3 is 0 Å². The van der Waals surface area contributed by atoms with Crippen molar-refractivity contribution in [1.29, 1.82) is 0 Å². The van der Waals surface area contributed by atoms with Crippen molar-refractivity contribution in [3.05, 3.63) is 56.8 Å². The van der Waals surface area contributed by atoms with Crippen LogP contribution in [0, 0.1) is 20.8 Å². The van der Waals surface area contributed by atoms with Gasteiger partial charge in [0, 0.05) is 21.1 Å². The Morgan fingerprint density at radius 3 is 2.63 bits per heavy atom. The largest absolute Gasteiger partial charge is 0.293 e. The molecular formula is C16H18OS2. The summed E-state index contributed by atoms with van der Waals surface area (Å²) in [5, 5.41) is 0. The molecule has 0 atom stereocenters. The first-order valence-electron chi connectivity index (χ1n) is 6.30. The molecule has 0 unspecified atom stereocenters.